The number of carboxylic acids is 1. The molecule has 2 N–H and O–H groups in total. The Morgan fingerprint density at radius 2 is 1.72 bits per heavy atom. The van der Waals surface area contributed by atoms with Crippen molar-refractivity contribution in [1.29, 1.82) is 0 Å². The number of hydrogen-bond acceptors (Lipinski definition) is 4. The van der Waals surface area contributed by atoms with Crippen molar-refractivity contribution in [3.05, 3.63) is 85.8 Å². The quantitative estimate of drug-likeness (QED) is 0.605. The predicted octanol–water partition coefficient (Wildman–Crippen LogP) is 4.06. The van der Waals surface area contributed by atoms with E-state index in [-0.39, 0.29) is 12.3 Å². The first-order valence-corrected chi connectivity index (χ1v) is 9.93. The third kappa shape index (κ3) is 5.92. The Morgan fingerprint density at radius 1 is 1.07 bits per heavy atom. The Bertz CT molecular complexity index is 1090. The molecule has 0 spiro atoms. The molecule has 1 amide bonds. The first-order chi connectivity index (χ1) is 13.9. The van der Waals surface area contributed by atoms with Crippen LogP contribution < -0.4 is 5.32 Å². The van der Waals surface area contributed by atoms with Crippen LogP contribution in [0.25, 0.3) is 0 Å². The number of carbonyl (C=O) groups excluding carboxylic acids is 1. The van der Waals surface area contributed by atoms with Crippen molar-refractivity contribution in [3.63, 3.8) is 0 Å². The van der Waals surface area contributed by atoms with E-state index in [1.807, 2.05) is 12.1 Å². The number of amides is 1. The smallest absolute Gasteiger partial charge is 0.307 e. The van der Waals surface area contributed by atoms with Gasteiger partial charge in [-0.15, -0.1) is 11.3 Å². The molecule has 3 aromatic rings. The summed E-state index contributed by atoms with van der Waals surface area (Å²) in [4.78, 5) is 28.1. The summed E-state index contributed by atoms with van der Waals surface area (Å²) in [6, 6.07) is 14.3. The Labute approximate surface area is 177 Å². The molecule has 0 aliphatic heterocycles. The van der Waals surface area contributed by atoms with E-state index in [0.717, 1.165) is 11.1 Å². The zero-order valence-corrected chi connectivity index (χ0v) is 17.1. The van der Waals surface area contributed by atoms with Crippen LogP contribution in [-0.4, -0.2) is 22.0 Å². The van der Waals surface area contributed by atoms with Gasteiger partial charge in [0.15, 0.2) is 5.01 Å². The van der Waals surface area contributed by atoms with Crippen molar-refractivity contribution in [2.45, 2.75) is 19.9 Å². The second-order valence-electron chi connectivity index (χ2n) is 6.26. The zero-order chi connectivity index (χ0) is 20.8. The van der Waals surface area contributed by atoms with Gasteiger partial charge in [-0.1, -0.05) is 41.8 Å². The fourth-order valence-electron chi connectivity index (χ4n) is 2.53. The highest BCUT2D eigenvalue weighted by atomic mass is 35.5. The molecule has 0 radical (unpaired) electrons. The van der Waals surface area contributed by atoms with Crippen molar-refractivity contribution in [2.24, 2.45) is 0 Å². The minimum atomic E-state index is -0.871. The van der Waals surface area contributed by atoms with Crippen LogP contribution in [-0.2, 0) is 17.8 Å². The minimum absolute atomic E-state index is 0.0200. The number of carboxylic acid groups (broad SMARTS) is 1. The van der Waals surface area contributed by atoms with Crippen molar-refractivity contribution in [1.82, 2.24) is 10.3 Å². The maximum Gasteiger partial charge on any atom is 0.307 e. The molecule has 7 heteroatoms. The molecule has 29 heavy (non-hydrogen) atoms. The fourth-order valence-corrected chi connectivity index (χ4v) is 3.49. The highest BCUT2D eigenvalue weighted by Crippen LogP contribution is 2.18. The molecule has 1 heterocycles. The van der Waals surface area contributed by atoms with Crippen molar-refractivity contribution >= 4 is 34.8 Å². The molecule has 0 aliphatic rings. The van der Waals surface area contributed by atoms with E-state index >= 15 is 0 Å². The van der Waals surface area contributed by atoms with Crippen LogP contribution in [0.5, 0.6) is 0 Å². The molecule has 0 unspecified atom stereocenters. The van der Waals surface area contributed by atoms with Gasteiger partial charge in [-0.25, -0.2) is 4.98 Å². The monoisotopic (exact) mass is 424 g/mol. The normalized spacial score (nSPS) is 10.1. The Kier molecular flexibility index (Phi) is 6.65. The zero-order valence-electron chi connectivity index (χ0n) is 15.5. The standard InChI is InChI=1S/C22H17ClN2O3S/c1-14-21(22(28)24-13-17-6-9-18(23)10-7-17)29-19(25-14)11-8-15-2-4-16(5-3-15)12-20(26)27/h2-7,9-10H,12-13H2,1H3,(H,24,28)(H,26,27). The average Bonchev–Trinajstić information content (AvgIpc) is 3.07. The largest absolute Gasteiger partial charge is 0.481 e. The van der Waals surface area contributed by atoms with Crippen LogP contribution in [0, 0.1) is 18.8 Å². The van der Waals surface area contributed by atoms with E-state index in [1.54, 1.807) is 43.3 Å². The van der Waals surface area contributed by atoms with Gasteiger partial charge >= 0.3 is 5.97 Å². The third-order valence-electron chi connectivity index (χ3n) is 3.99. The Balaban J connectivity index is 1.65. The first-order valence-electron chi connectivity index (χ1n) is 8.73. The second kappa shape index (κ2) is 9.37. The Morgan fingerprint density at radius 3 is 2.38 bits per heavy atom. The summed E-state index contributed by atoms with van der Waals surface area (Å²) < 4.78 is 0. The number of rotatable bonds is 5. The van der Waals surface area contributed by atoms with E-state index in [1.165, 1.54) is 11.3 Å². The van der Waals surface area contributed by atoms with Crippen molar-refractivity contribution < 1.29 is 14.7 Å². The summed E-state index contributed by atoms with van der Waals surface area (Å²) in [7, 11) is 0. The molecular formula is C22H17ClN2O3S. The number of carbonyl (C=O) groups is 2. The molecule has 0 aliphatic carbocycles. The van der Waals surface area contributed by atoms with E-state index in [0.29, 0.717) is 32.7 Å². The molecule has 1 aromatic heterocycles. The topological polar surface area (TPSA) is 79.3 Å². The van der Waals surface area contributed by atoms with Gasteiger partial charge in [0.1, 0.15) is 4.88 Å². The lowest BCUT2D eigenvalue weighted by molar-refractivity contribution is -0.136. The maximum absolute atomic E-state index is 12.5. The highest BCUT2D eigenvalue weighted by molar-refractivity contribution is 7.14. The van der Waals surface area contributed by atoms with Gasteiger partial charge < -0.3 is 10.4 Å². The second-order valence-corrected chi connectivity index (χ2v) is 7.70. The lowest BCUT2D eigenvalue weighted by atomic mass is 10.1. The molecule has 0 saturated heterocycles. The number of aromatic nitrogens is 1. The molecule has 2 aromatic carbocycles. The van der Waals surface area contributed by atoms with Crippen molar-refractivity contribution in [2.75, 3.05) is 0 Å². The van der Waals surface area contributed by atoms with Gasteiger partial charge in [0.25, 0.3) is 5.91 Å². The SMILES string of the molecule is Cc1nc(C#Cc2ccc(CC(=O)O)cc2)sc1C(=O)NCc1ccc(Cl)cc1. The van der Waals surface area contributed by atoms with Gasteiger partial charge in [-0.05, 0) is 48.2 Å². The number of nitrogens with one attached hydrogen (secondary N) is 1. The first kappa shape index (κ1) is 20.6. The number of benzene rings is 2. The van der Waals surface area contributed by atoms with Crippen LogP contribution in [0.15, 0.2) is 48.5 Å². The fraction of sp³-hybridized carbons (Fsp3) is 0.136. The molecule has 0 bridgehead atoms. The molecule has 3 rings (SSSR count). The molecule has 0 saturated carbocycles. The van der Waals surface area contributed by atoms with E-state index in [4.69, 9.17) is 16.7 Å². The average molecular weight is 425 g/mol. The van der Waals surface area contributed by atoms with Gasteiger partial charge in [0.05, 0.1) is 12.1 Å². The van der Waals surface area contributed by atoms with Crippen LogP contribution in [0.4, 0.5) is 0 Å². The maximum atomic E-state index is 12.5. The molecular weight excluding hydrogens is 408 g/mol. The van der Waals surface area contributed by atoms with Crippen LogP contribution in [0.3, 0.4) is 0 Å². The number of thiazole rings is 1. The van der Waals surface area contributed by atoms with Crippen LogP contribution >= 0.6 is 22.9 Å². The highest BCUT2D eigenvalue weighted by Gasteiger charge is 2.14. The summed E-state index contributed by atoms with van der Waals surface area (Å²) in [6.45, 7) is 2.18. The number of aryl methyl sites for hydroxylation is 1. The molecule has 146 valence electrons. The lowest BCUT2D eigenvalue weighted by Crippen LogP contribution is -2.22. The molecule has 0 atom stereocenters. The number of nitrogens with zero attached hydrogens (tertiary/aromatic N) is 1. The van der Waals surface area contributed by atoms with Gasteiger partial charge in [0.2, 0.25) is 0 Å². The van der Waals surface area contributed by atoms with Gasteiger partial charge in [0, 0.05) is 17.1 Å². The Hall–Kier alpha value is -3.14. The summed E-state index contributed by atoms with van der Waals surface area (Å²) in [6.07, 6.45) is -0.0200. The van der Waals surface area contributed by atoms with E-state index in [9.17, 15) is 9.59 Å². The van der Waals surface area contributed by atoms with Crippen LogP contribution in [0.2, 0.25) is 5.02 Å². The number of aliphatic carboxylic acids is 1. The third-order valence-corrected chi connectivity index (χ3v) is 5.32. The summed E-state index contributed by atoms with van der Waals surface area (Å²) in [5.41, 5.74) is 3.05. The van der Waals surface area contributed by atoms with E-state index in [2.05, 4.69) is 22.1 Å². The summed E-state index contributed by atoms with van der Waals surface area (Å²) in [5, 5.41) is 12.9. The van der Waals surface area contributed by atoms with Gasteiger partial charge in [-0.3, -0.25) is 9.59 Å². The van der Waals surface area contributed by atoms with E-state index < -0.39 is 5.97 Å². The number of hydrogen-bond donors (Lipinski definition) is 2. The number of halogens is 1. The summed E-state index contributed by atoms with van der Waals surface area (Å²) >= 11 is 7.11. The van der Waals surface area contributed by atoms with Gasteiger partial charge in [-0.2, -0.15) is 0 Å². The predicted molar refractivity (Wildman–Crippen MR) is 113 cm³/mol. The van der Waals surface area contributed by atoms with Crippen molar-refractivity contribution in [3.8, 4) is 11.8 Å². The van der Waals surface area contributed by atoms with Crippen LogP contribution in [0.1, 0.15) is 37.1 Å². The summed E-state index contributed by atoms with van der Waals surface area (Å²) in [5.74, 6) is 4.89. The lowest BCUT2D eigenvalue weighted by Gasteiger charge is -2.04. The molecule has 0 fully saturated rings. The molecule has 5 nitrogen and oxygen atoms in total. The minimum Gasteiger partial charge on any atom is -0.481 e.